The summed E-state index contributed by atoms with van der Waals surface area (Å²) in [5, 5.41) is 9.91. The number of hydrogen-bond donors (Lipinski definition) is 1. The van der Waals surface area contributed by atoms with E-state index in [1.165, 1.54) is 54.1 Å². The van der Waals surface area contributed by atoms with Crippen molar-refractivity contribution in [1.82, 2.24) is 14.0 Å². The van der Waals surface area contributed by atoms with Crippen LogP contribution in [0.5, 0.6) is 0 Å². The quantitative estimate of drug-likeness (QED) is 0.667. The average Bonchev–Trinajstić information content (AvgIpc) is 2.85. The Kier molecular flexibility index (Phi) is 6.30. The predicted octanol–water partition coefficient (Wildman–Crippen LogP) is 4.41. The molecule has 1 N–H and O–H groups in total. The molecule has 2 saturated heterocycles. The molecule has 0 radical (unpaired) electrons. The van der Waals surface area contributed by atoms with E-state index in [0.29, 0.717) is 29.0 Å². The molecular weight excluding hydrogens is 454 g/mol. The van der Waals surface area contributed by atoms with Crippen molar-refractivity contribution in [3.05, 3.63) is 45.1 Å². The first-order valence-corrected chi connectivity index (χ1v) is 14.2. The minimum atomic E-state index is -1.08. The van der Waals surface area contributed by atoms with Crippen molar-refractivity contribution in [2.45, 2.75) is 108 Å². The second-order valence-electron chi connectivity index (χ2n) is 12.1. The Labute approximate surface area is 212 Å². The van der Waals surface area contributed by atoms with Crippen LogP contribution in [-0.2, 0) is 11.3 Å². The molecule has 2 aliphatic carbocycles. The van der Waals surface area contributed by atoms with Gasteiger partial charge in [0.1, 0.15) is 6.54 Å². The lowest BCUT2D eigenvalue weighted by atomic mass is 9.64. The van der Waals surface area contributed by atoms with Gasteiger partial charge >= 0.3 is 11.7 Å². The van der Waals surface area contributed by atoms with Crippen LogP contribution in [0.2, 0.25) is 0 Å². The summed E-state index contributed by atoms with van der Waals surface area (Å²) in [7, 11) is 0. The fourth-order valence-electron chi connectivity index (χ4n) is 8.68. The molecule has 0 amide bonds. The summed E-state index contributed by atoms with van der Waals surface area (Å²) in [5.74, 6) is 1.55. The molecule has 3 unspecified atom stereocenters. The van der Waals surface area contributed by atoms with Crippen molar-refractivity contribution in [2.75, 3.05) is 0 Å². The maximum atomic E-state index is 13.6. The highest BCUT2D eigenvalue weighted by molar-refractivity contribution is 5.79. The van der Waals surface area contributed by atoms with E-state index in [9.17, 15) is 19.5 Å². The highest BCUT2D eigenvalue weighted by Gasteiger charge is 2.46. The molecule has 2 aromatic rings. The van der Waals surface area contributed by atoms with Gasteiger partial charge < -0.3 is 5.11 Å². The van der Waals surface area contributed by atoms with Crippen LogP contribution in [0, 0.1) is 17.8 Å². The zero-order chi connectivity index (χ0) is 25.0. The van der Waals surface area contributed by atoms with Crippen LogP contribution >= 0.6 is 0 Å². The van der Waals surface area contributed by atoms with Crippen LogP contribution in [0.4, 0.5) is 0 Å². The van der Waals surface area contributed by atoms with E-state index in [2.05, 4.69) is 11.8 Å². The van der Waals surface area contributed by atoms with Gasteiger partial charge in [-0.15, -0.1) is 0 Å². The standard InChI is InChI=1S/C29H39N3O4/c1-2-18-10-19-12-20(11-18)14-23(13-19)31-21-6-5-7-22(31)16-24(15-21)32-28(35)25-8-3-4-9-26(25)30(29(32)36)17-27(33)34/h3-4,8-9,18-24H,2,5-7,10-17H2,1H3,(H,33,34)/t18?,19-,20+,21-,22+,23?,24?. The third-order valence-electron chi connectivity index (χ3n) is 9.96. The van der Waals surface area contributed by atoms with Gasteiger partial charge in [0.15, 0.2) is 0 Å². The van der Waals surface area contributed by atoms with Crippen molar-refractivity contribution >= 4 is 16.9 Å². The van der Waals surface area contributed by atoms with Gasteiger partial charge in [0.05, 0.1) is 10.9 Å². The summed E-state index contributed by atoms with van der Waals surface area (Å²) in [4.78, 5) is 41.6. The lowest BCUT2D eigenvalue weighted by molar-refractivity contribution is -0.137. The fraction of sp³-hybridized carbons (Fsp3) is 0.690. The van der Waals surface area contributed by atoms with Gasteiger partial charge in [0, 0.05) is 24.2 Å². The minimum absolute atomic E-state index is 0.172. The Morgan fingerprint density at radius 2 is 1.56 bits per heavy atom. The Morgan fingerprint density at radius 1 is 0.889 bits per heavy atom. The topological polar surface area (TPSA) is 84.5 Å². The zero-order valence-corrected chi connectivity index (χ0v) is 21.3. The van der Waals surface area contributed by atoms with Gasteiger partial charge in [-0.05, 0) is 87.7 Å². The summed E-state index contributed by atoms with van der Waals surface area (Å²) in [5.41, 5.74) is -0.343. The summed E-state index contributed by atoms with van der Waals surface area (Å²) < 4.78 is 2.68. The summed E-state index contributed by atoms with van der Waals surface area (Å²) in [6.45, 7) is 1.91. The normalized spacial score (nSPS) is 34.5. The van der Waals surface area contributed by atoms with Crippen LogP contribution in [-0.4, -0.2) is 43.2 Å². The number of aliphatic carboxylic acids is 1. The molecule has 2 saturated carbocycles. The van der Waals surface area contributed by atoms with Gasteiger partial charge in [-0.1, -0.05) is 31.9 Å². The third kappa shape index (κ3) is 4.13. The lowest BCUT2D eigenvalue weighted by Crippen LogP contribution is -2.59. The summed E-state index contributed by atoms with van der Waals surface area (Å²) >= 11 is 0. The largest absolute Gasteiger partial charge is 0.480 e. The molecule has 3 heterocycles. The highest BCUT2D eigenvalue weighted by atomic mass is 16.4. The molecule has 1 aromatic heterocycles. The number of aromatic nitrogens is 2. The van der Waals surface area contributed by atoms with E-state index in [-0.39, 0.29) is 11.6 Å². The number of rotatable bonds is 5. The second-order valence-corrected chi connectivity index (χ2v) is 12.1. The number of benzene rings is 1. The molecule has 1 aromatic carbocycles. The molecule has 2 aliphatic heterocycles. The molecule has 4 fully saturated rings. The summed E-state index contributed by atoms with van der Waals surface area (Å²) in [6, 6.07) is 8.18. The molecule has 0 spiro atoms. The third-order valence-corrected chi connectivity index (χ3v) is 9.96. The van der Waals surface area contributed by atoms with Crippen molar-refractivity contribution in [1.29, 1.82) is 0 Å². The van der Waals surface area contributed by atoms with E-state index < -0.39 is 18.2 Å². The van der Waals surface area contributed by atoms with Crippen molar-refractivity contribution in [3.63, 3.8) is 0 Å². The first kappa shape index (κ1) is 24.0. The maximum absolute atomic E-state index is 13.6. The van der Waals surface area contributed by atoms with Crippen LogP contribution in [0.15, 0.2) is 33.9 Å². The van der Waals surface area contributed by atoms with E-state index in [0.717, 1.165) is 43.4 Å². The van der Waals surface area contributed by atoms with Gasteiger partial charge in [0.2, 0.25) is 0 Å². The fourth-order valence-corrected chi connectivity index (χ4v) is 8.68. The molecule has 7 atom stereocenters. The number of carboxylic acid groups (broad SMARTS) is 1. The van der Waals surface area contributed by atoms with Crippen molar-refractivity contribution < 1.29 is 9.90 Å². The Bertz CT molecular complexity index is 1240. The molecule has 7 nitrogen and oxygen atoms in total. The molecular formula is C29H39N3O4. The molecule has 194 valence electrons. The number of hydrogen-bond acceptors (Lipinski definition) is 4. The second kappa shape index (κ2) is 9.47. The molecule has 4 aliphatic rings. The van der Waals surface area contributed by atoms with Crippen LogP contribution in [0.1, 0.15) is 83.6 Å². The Hall–Kier alpha value is -2.41. The average molecular weight is 494 g/mol. The van der Waals surface area contributed by atoms with Crippen molar-refractivity contribution in [3.8, 4) is 0 Å². The minimum Gasteiger partial charge on any atom is -0.480 e. The molecule has 4 bridgehead atoms. The number of fused-ring (bicyclic) bond motifs is 5. The summed E-state index contributed by atoms with van der Waals surface area (Å²) in [6.07, 6.45) is 13.2. The first-order valence-electron chi connectivity index (χ1n) is 14.2. The number of piperidine rings is 2. The van der Waals surface area contributed by atoms with Gasteiger partial charge in [-0.2, -0.15) is 0 Å². The van der Waals surface area contributed by atoms with E-state index >= 15 is 0 Å². The molecule has 6 rings (SSSR count). The van der Waals surface area contributed by atoms with Crippen molar-refractivity contribution in [2.24, 2.45) is 17.8 Å². The SMILES string of the molecule is CCC1C[C@@H]2CC(N3[C@@H]4CCC[C@H]3CC(n3c(=O)c5ccccc5n(CC(=O)O)c3=O)C4)C[C@H](C1)C2. The predicted molar refractivity (Wildman–Crippen MR) is 139 cm³/mol. The number of carboxylic acids is 1. The Balaban J connectivity index is 1.31. The van der Waals surface area contributed by atoms with E-state index in [4.69, 9.17) is 0 Å². The smallest absolute Gasteiger partial charge is 0.332 e. The van der Waals surface area contributed by atoms with Crippen LogP contribution in [0.25, 0.3) is 10.9 Å². The highest BCUT2D eigenvalue weighted by Crippen LogP contribution is 2.48. The van der Waals surface area contributed by atoms with Crippen LogP contribution < -0.4 is 11.2 Å². The van der Waals surface area contributed by atoms with Gasteiger partial charge in [0.25, 0.3) is 5.56 Å². The monoisotopic (exact) mass is 493 g/mol. The Morgan fingerprint density at radius 3 is 2.19 bits per heavy atom. The van der Waals surface area contributed by atoms with E-state index in [1.54, 1.807) is 24.3 Å². The van der Waals surface area contributed by atoms with E-state index in [1.807, 2.05) is 0 Å². The molecule has 7 heteroatoms. The maximum Gasteiger partial charge on any atom is 0.332 e. The van der Waals surface area contributed by atoms with Crippen LogP contribution in [0.3, 0.4) is 0 Å². The van der Waals surface area contributed by atoms with Gasteiger partial charge in [-0.3, -0.25) is 23.6 Å². The number of carbonyl (C=O) groups is 1. The number of para-hydroxylation sites is 1. The first-order chi connectivity index (χ1) is 17.4. The lowest BCUT2D eigenvalue weighted by Gasteiger charge is -2.55. The zero-order valence-electron chi connectivity index (χ0n) is 21.3. The molecule has 36 heavy (non-hydrogen) atoms. The number of nitrogens with zero attached hydrogens (tertiary/aromatic N) is 3. The van der Waals surface area contributed by atoms with Gasteiger partial charge in [-0.25, -0.2) is 4.79 Å².